The van der Waals surface area contributed by atoms with E-state index >= 15 is 0 Å². The van der Waals surface area contributed by atoms with Gasteiger partial charge in [-0.3, -0.25) is 19.2 Å². The Morgan fingerprint density at radius 2 is 1.68 bits per heavy atom. The van der Waals surface area contributed by atoms with Crippen LogP contribution in [0.1, 0.15) is 103 Å². The maximum absolute atomic E-state index is 14.6. The van der Waals surface area contributed by atoms with Gasteiger partial charge in [0.1, 0.15) is 36.4 Å². The van der Waals surface area contributed by atoms with E-state index in [2.05, 4.69) is 24.5 Å². The highest BCUT2D eigenvalue weighted by Crippen LogP contribution is 2.58. The fourth-order valence-corrected chi connectivity index (χ4v) is 8.69. The Morgan fingerprint density at radius 3 is 2.36 bits per heavy atom. The molecule has 0 radical (unpaired) electrons. The fourth-order valence-electron chi connectivity index (χ4n) is 8.69. The number of unbranched alkanes of at least 4 members (excludes halogenated alkanes) is 4. The van der Waals surface area contributed by atoms with Gasteiger partial charge in [0.2, 0.25) is 17.9 Å². The number of fused-ring (bicyclic) bond motifs is 4. The molecule has 5 fully saturated rings. The molecule has 7 unspecified atom stereocenters. The quantitative estimate of drug-likeness (QED) is 0.0804. The third-order valence-corrected chi connectivity index (χ3v) is 11.6. The average molecular weight is 784 g/mol. The zero-order chi connectivity index (χ0) is 40.1. The second kappa shape index (κ2) is 17.7. The number of cyclic esters (lactones) is 1. The number of nitrogens with zero attached hydrogens (tertiary/aromatic N) is 1. The number of hydroxylamine groups is 2. The van der Waals surface area contributed by atoms with E-state index in [9.17, 15) is 24.0 Å². The molecule has 4 aliphatic heterocycles. The summed E-state index contributed by atoms with van der Waals surface area (Å²) in [5, 5.41) is 16.1. The molecule has 1 saturated carbocycles. The average Bonchev–Trinajstić information content (AvgIpc) is 3.81. The summed E-state index contributed by atoms with van der Waals surface area (Å²) in [4.78, 5) is 72.9. The molecule has 15 heteroatoms. The van der Waals surface area contributed by atoms with Gasteiger partial charge in [-0.25, -0.2) is 9.59 Å². The maximum Gasteiger partial charge on any atom is 0.348 e. The monoisotopic (exact) mass is 783 g/mol. The molecule has 56 heavy (non-hydrogen) atoms. The van der Waals surface area contributed by atoms with Crippen LogP contribution in [0.25, 0.3) is 6.08 Å². The minimum Gasteiger partial charge on any atom is -0.462 e. The number of hydrogen-bond acceptors (Lipinski definition) is 13. The standard InChI is InChI=1S/C41H57N3O12/c1-5-7-11-18-40(19-12-8-6-2)54-31-28-23-41(38(50)43-20-17-29(46)42-21-22-45)33(36(48)52-28)44(56-34(41)32(31)55-40)24-27-14-10-9-13-26(27)15-16-30(47)53-35-37(49)51-25-39(35,3)4/h9-10,13-16,28,31-35,45H,5-8,11-12,17-25H2,1-4H3,(H,42,46)(H,43,50). The largest absolute Gasteiger partial charge is 0.462 e. The van der Waals surface area contributed by atoms with Gasteiger partial charge in [0, 0.05) is 50.3 Å². The smallest absolute Gasteiger partial charge is 0.348 e. The molecular weight excluding hydrogens is 726 g/mol. The zero-order valence-corrected chi connectivity index (χ0v) is 32.9. The number of aliphatic hydroxyl groups is 1. The summed E-state index contributed by atoms with van der Waals surface area (Å²) >= 11 is 0. The molecule has 7 atom stereocenters. The summed E-state index contributed by atoms with van der Waals surface area (Å²) in [7, 11) is 0. The predicted octanol–water partition coefficient (Wildman–Crippen LogP) is 3.25. The van der Waals surface area contributed by atoms with Gasteiger partial charge < -0.3 is 39.4 Å². The Bertz CT molecular complexity index is 1640. The molecule has 0 aromatic heterocycles. The second-order valence-electron chi connectivity index (χ2n) is 16.2. The number of benzene rings is 1. The number of nitrogens with one attached hydrogen (secondary N) is 2. The molecule has 1 aliphatic carbocycles. The molecule has 15 nitrogen and oxygen atoms in total. The van der Waals surface area contributed by atoms with E-state index in [0.29, 0.717) is 24.0 Å². The lowest BCUT2D eigenvalue weighted by Gasteiger charge is -2.48. The van der Waals surface area contributed by atoms with E-state index < -0.39 is 77.0 Å². The third-order valence-electron chi connectivity index (χ3n) is 11.6. The van der Waals surface area contributed by atoms with Crippen molar-refractivity contribution >= 4 is 35.8 Å². The first-order valence-corrected chi connectivity index (χ1v) is 20.2. The highest BCUT2D eigenvalue weighted by Gasteiger charge is 2.76. The highest BCUT2D eigenvalue weighted by atomic mass is 16.8. The van der Waals surface area contributed by atoms with Crippen LogP contribution in [0.3, 0.4) is 0 Å². The SMILES string of the molecule is CCCCCC1(CCCCC)OC2C3CC4(C(=O)NCCC(=O)NCCO)C(ON(Cc5ccccc5C=CC(=O)OC5C(=O)OCC5(C)C)C4C(=O)O3)C2O1. The van der Waals surface area contributed by atoms with Gasteiger partial charge in [0.05, 0.1) is 13.2 Å². The van der Waals surface area contributed by atoms with Gasteiger partial charge >= 0.3 is 17.9 Å². The molecule has 0 spiro atoms. The van der Waals surface area contributed by atoms with Gasteiger partial charge in [-0.15, -0.1) is 0 Å². The third kappa shape index (κ3) is 8.52. The van der Waals surface area contributed by atoms with Crippen molar-refractivity contribution < 1.29 is 57.6 Å². The first kappa shape index (κ1) is 41.7. The van der Waals surface area contributed by atoms with E-state index in [-0.39, 0.29) is 51.6 Å². The number of rotatable bonds is 19. The van der Waals surface area contributed by atoms with E-state index in [1.165, 1.54) is 11.1 Å². The number of aliphatic hydroxyl groups excluding tert-OH is 1. The van der Waals surface area contributed by atoms with Gasteiger partial charge in [-0.05, 0) is 30.0 Å². The Hall–Kier alpha value is -3.89. The second-order valence-corrected chi connectivity index (χ2v) is 16.2. The molecule has 6 rings (SSSR count). The van der Waals surface area contributed by atoms with Crippen LogP contribution in [-0.4, -0.2) is 109 Å². The van der Waals surface area contributed by atoms with E-state index in [1.54, 1.807) is 32.1 Å². The van der Waals surface area contributed by atoms with Crippen LogP contribution in [0, 0.1) is 10.8 Å². The highest BCUT2D eigenvalue weighted by molar-refractivity contribution is 5.94. The number of hydrogen-bond donors (Lipinski definition) is 3. The number of carbonyl (C=O) groups is 5. The lowest BCUT2D eigenvalue weighted by molar-refractivity contribution is -0.224. The van der Waals surface area contributed by atoms with Crippen LogP contribution in [0.2, 0.25) is 0 Å². The number of amides is 2. The molecule has 2 bridgehead atoms. The van der Waals surface area contributed by atoms with Gasteiger partial charge in [-0.2, -0.15) is 5.06 Å². The van der Waals surface area contributed by atoms with Crippen LogP contribution in [-0.2, 0) is 59.0 Å². The van der Waals surface area contributed by atoms with Crippen molar-refractivity contribution in [2.75, 3.05) is 26.3 Å². The van der Waals surface area contributed by atoms with Crippen molar-refractivity contribution in [3.05, 3.63) is 41.5 Å². The zero-order valence-electron chi connectivity index (χ0n) is 32.9. The van der Waals surface area contributed by atoms with E-state index in [0.717, 1.165) is 38.5 Å². The first-order chi connectivity index (χ1) is 26.9. The van der Waals surface area contributed by atoms with Crippen LogP contribution < -0.4 is 10.6 Å². The van der Waals surface area contributed by atoms with Crippen molar-refractivity contribution in [1.82, 2.24) is 15.7 Å². The fraction of sp³-hybridized carbons (Fsp3) is 0.683. The van der Waals surface area contributed by atoms with Gasteiger partial charge in [-0.1, -0.05) is 77.6 Å². The summed E-state index contributed by atoms with van der Waals surface area (Å²) in [6.45, 7) is 7.92. The first-order valence-electron chi connectivity index (χ1n) is 20.2. The maximum atomic E-state index is 14.6. The Balaban J connectivity index is 1.28. The van der Waals surface area contributed by atoms with Crippen LogP contribution in [0.15, 0.2) is 30.3 Å². The molecule has 1 aromatic rings. The van der Waals surface area contributed by atoms with Gasteiger partial charge in [0.15, 0.2) is 11.8 Å². The lowest BCUT2D eigenvalue weighted by atomic mass is 9.62. The van der Waals surface area contributed by atoms with Crippen molar-refractivity contribution in [3.8, 4) is 0 Å². The minimum absolute atomic E-state index is 0.0000850. The van der Waals surface area contributed by atoms with E-state index in [1.807, 2.05) is 12.1 Å². The summed E-state index contributed by atoms with van der Waals surface area (Å²) in [5.41, 5.74) is -0.806. The molecule has 4 heterocycles. The summed E-state index contributed by atoms with van der Waals surface area (Å²) in [6, 6.07) is 6.07. The topological polar surface area (TPSA) is 188 Å². The summed E-state index contributed by atoms with van der Waals surface area (Å²) in [5.74, 6) is -3.64. The summed E-state index contributed by atoms with van der Waals surface area (Å²) < 4.78 is 30.5. The van der Waals surface area contributed by atoms with Crippen LogP contribution in [0.4, 0.5) is 0 Å². The molecule has 2 amide bonds. The number of esters is 3. The molecule has 1 aromatic carbocycles. The molecular formula is C41H57N3O12. The van der Waals surface area contributed by atoms with Crippen molar-refractivity contribution in [2.45, 2.75) is 141 Å². The van der Waals surface area contributed by atoms with Crippen molar-refractivity contribution in [3.63, 3.8) is 0 Å². The summed E-state index contributed by atoms with van der Waals surface area (Å²) in [6.07, 6.45) is 5.94. The van der Waals surface area contributed by atoms with Gasteiger partial charge in [0.25, 0.3) is 0 Å². The molecule has 4 saturated heterocycles. The van der Waals surface area contributed by atoms with E-state index in [4.69, 9.17) is 33.6 Å². The molecule has 3 N–H and O–H groups in total. The Morgan fingerprint density at radius 1 is 0.964 bits per heavy atom. The number of ether oxygens (including phenoxy) is 5. The predicted molar refractivity (Wildman–Crippen MR) is 200 cm³/mol. The van der Waals surface area contributed by atoms with Crippen LogP contribution >= 0.6 is 0 Å². The number of carbonyl (C=O) groups excluding carboxylic acids is 5. The van der Waals surface area contributed by atoms with Crippen molar-refractivity contribution in [1.29, 1.82) is 0 Å². The van der Waals surface area contributed by atoms with Crippen molar-refractivity contribution in [2.24, 2.45) is 10.8 Å². The molecule has 5 aliphatic rings. The minimum atomic E-state index is -1.44. The van der Waals surface area contributed by atoms with Crippen LogP contribution in [0.5, 0.6) is 0 Å². The Kier molecular flexibility index (Phi) is 13.2. The Labute approximate surface area is 328 Å². The lowest BCUT2D eigenvalue weighted by Crippen LogP contribution is -2.69. The normalized spacial score (nSPS) is 29.8. The molecule has 308 valence electrons.